The van der Waals surface area contributed by atoms with Gasteiger partial charge in [0.15, 0.2) is 0 Å². The maximum absolute atomic E-state index is 12.7. The molecule has 1 N–H and O–H groups in total. The van der Waals surface area contributed by atoms with Crippen LogP contribution in [0.5, 0.6) is 0 Å². The monoisotopic (exact) mass is 409 g/mol. The van der Waals surface area contributed by atoms with Crippen molar-refractivity contribution in [3.8, 4) is 0 Å². The molecular weight excluding hydrogens is 386 g/mol. The highest BCUT2D eigenvalue weighted by molar-refractivity contribution is 7.89. The number of carbonyl (C=O) groups is 1. The molecule has 29 heavy (non-hydrogen) atoms. The maximum Gasteiger partial charge on any atom is 0.251 e. The fourth-order valence-electron chi connectivity index (χ4n) is 2.78. The Morgan fingerprint density at radius 1 is 1.00 bits per heavy atom. The number of nitrogens with one attached hydrogen (secondary N) is 1. The first kappa shape index (κ1) is 20.7. The largest absolute Gasteiger partial charge is 0.348 e. The van der Waals surface area contributed by atoms with Gasteiger partial charge in [0.2, 0.25) is 10.0 Å². The lowest BCUT2D eigenvalue weighted by Crippen LogP contribution is -2.26. The van der Waals surface area contributed by atoms with Crippen LogP contribution in [-0.4, -0.2) is 30.7 Å². The van der Waals surface area contributed by atoms with Gasteiger partial charge in [0.1, 0.15) is 0 Å². The number of amides is 1. The van der Waals surface area contributed by atoms with Gasteiger partial charge in [0.05, 0.1) is 4.90 Å². The number of aromatic nitrogens is 1. The van der Waals surface area contributed by atoms with E-state index in [4.69, 9.17) is 0 Å². The van der Waals surface area contributed by atoms with E-state index in [2.05, 4.69) is 10.3 Å². The molecule has 6 nitrogen and oxygen atoms in total. The molecular formula is C22H23N3O3S. The van der Waals surface area contributed by atoms with Gasteiger partial charge < -0.3 is 5.32 Å². The van der Waals surface area contributed by atoms with E-state index in [-0.39, 0.29) is 17.3 Å². The second-order valence-electron chi connectivity index (χ2n) is 6.82. The Bertz CT molecular complexity index is 1060. The van der Waals surface area contributed by atoms with Gasteiger partial charge in [0.25, 0.3) is 5.91 Å². The zero-order valence-electron chi connectivity index (χ0n) is 16.4. The standard InChI is InChI=1S/C22H23N3O3S/c1-17-5-11-21(12-6-17)29(27,28)25(2)16-18-7-9-20(10-8-18)22(26)24-15-19-4-3-13-23-14-19/h3-14H,15-16H2,1-2H3,(H,24,26). The van der Waals surface area contributed by atoms with Crippen molar-refractivity contribution in [2.24, 2.45) is 0 Å². The second kappa shape index (κ2) is 8.98. The van der Waals surface area contributed by atoms with Crippen LogP contribution >= 0.6 is 0 Å². The normalized spacial score (nSPS) is 11.4. The van der Waals surface area contributed by atoms with Crippen LogP contribution in [0.1, 0.15) is 27.0 Å². The number of carbonyl (C=O) groups excluding carboxylic acids is 1. The molecule has 0 saturated heterocycles. The van der Waals surface area contributed by atoms with E-state index in [9.17, 15) is 13.2 Å². The van der Waals surface area contributed by atoms with Gasteiger partial charge in [-0.1, -0.05) is 35.9 Å². The van der Waals surface area contributed by atoms with Crippen molar-refractivity contribution in [1.29, 1.82) is 0 Å². The number of rotatable bonds is 7. The van der Waals surface area contributed by atoms with E-state index in [0.717, 1.165) is 16.7 Å². The molecule has 0 aliphatic carbocycles. The smallest absolute Gasteiger partial charge is 0.251 e. The first-order chi connectivity index (χ1) is 13.9. The molecule has 1 amide bonds. The van der Waals surface area contributed by atoms with Crippen LogP contribution in [0.25, 0.3) is 0 Å². The van der Waals surface area contributed by atoms with Gasteiger partial charge >= 0.3 is 0 Å². The Labute approximate surface area is 171 Å². The van der Waals surface area contributed by atoms with Crippen LogP contribution in [0, 0.1) is 6.92 Å². The van der Waals surface area contributed by atoms with Crippen LogP contribution in [-0.2, 0) is 23.1 Å². The number of aryl methyl sites for hydroxylation is 1. The summed E-state index contributed by atoms with van der Waals surface area (Å²) < 4.78 is 26.7. The Hall–Kier alpha value is -3.03. The third kappa shape index (κ3) is 5.28. The molecule has 0 atom stereocenters. The molecule has 3 aromatic rings. The number of sulfonamides is 1. The minimum atomic E-state index is -3.57. The van der Waals surface area contributed by atoms with Crippen molar-refractivity contribution in [1.82, 2.24) is 14.6 Å². The fraction of sp³-hybridized carbons (Fsp3) is 0.182. The topological polar surface area (TPSA) is 79.4 Å². The number of nitrogens with zero attached hydrogens (tertiary/aromatic N) is 2. The Kier molecular flexibility index (Phi) is 6.41. The second-order valence-corrected chi connectivity index (χ2v) is 8.86. The van der Waals surface area contributed by atoms with Crippen molar-refractivity contribution in [3.05, 3.63) is 95.3 Å². The molecule has 2 aromatic carbocycles. The van der Waals surface area contributed by atoms with Crippen molar-refractivity contribution < 1.29 is 13.2 Å². The van der Waals surface area contributed by atoms with Crippen LogP contribution in [0.4, 0.5) is 0 Å². The Morgan fingerprint density at radius 2 is 1.69 bits per heavy atom. The van der Waals surface area contributed by atoms with Gasteiger partial charge in [-0.25, -0.2) is 8.42 Å². The molecule has 0 aliphatic rings. The summed E-state index contributed by atoms with van der Waals surface area (Å²) in [6, 6.07) is 17.4. The van der Waals surface area contributed by atoms with Crippen molar-refractivity contribution in [2.45, 2.75) is 24.9 Å². The number of pyridine rings is 1. The SMILES string of the molecule is Cc1ccc(S(=O)(=O)N(C)Cc2ccc(C(=O)NCc3cccnc3)cc2)cc1. The quantitative estimate of drug-likeness (QED) is 0.650. The molecule has 0 radical (unpaired) electrons. The molecule has 3 rings (SSSR count). The number of hydrogen-bond acceptors (Lipinski definition) is 4. The van der Waals surface area contributed by atoms with Crippen LogP contribution in [0.3, 0.4) is 0 Å². The van der Waals surface area contributed by atoms with Gasteiger partial charge in [-0.15, -0.1) is 0 Å². The van der Waals surface area contributed by atoms with Gasteiger partial charge in [0, 0.05) is 38.1 Å². The highest BCUT2D eigenvalue weighted by atomic mass is 32.2. The molecule has 0 aliphatic heterocycles. The third-order valence-electron chi connectivity index (χ3n) is 4.53. The summed E-state index contributed by atoms with van der Waals surface area (Å²) >= 11 is 0. The fourth-order valence-corrected chi connectivity index (χ4v) is 3.94. The zero-order chi connectivity index (χ0) is 20.9. The summed E-state index contributed by atoms with van der Waals surface area (Å²) in [6.07, 6.45) is 3.38. The number of hydrogen-bond donors (Lipinski definition) is 1. The third-order valence-corrected chi connectivity index (χ3v) is 6.34. The predicted octanol–water partition coefficient (Wildman–Crippen LogP) is 3.14. The van der Waals surface area contributed by atoms with E-state index < -0.39 is 10.0 Å². The van der Waals surface area contributed by atoms with Crippen molar-refractivity contribution in [2.75, 3.05) is 7.05 Å². The van der Waals surface area contributed by atoms with Crippen molar-refractivity contribution >= 4 is 15.9 Å². The predicted molar refractivity (Wildman–Crippen MR) is 112 cm³/mol. The molecule has 0 saturated carbocycles. The first-order valence-corrected chi connectivity index (χ1v) is 10.6. The molecule has 1 heterocycles. The minimum absolute atomic E-state index is 0.193. The molecule has 0 bridgehead atoms. The van der Waals surface area contributed by atoms with Crippen LogP contribution in [0.15, 0.2) is 78.0 Å². The first-order valence-electron chi connectivity index (χ1n) is 9.15. The lowest BCUT2D eigenvalue weighted by molar-refractivity contribution is 0.0951. The molecule has 0 spiro atoms. The van der Waals surface area contributed by atoms with E-state index >= 15 is 0 Å². The van der Waals surface area contributed by atoms with Gasteiger partial charge in [-0.3, -0.25) is 9.78 Å². The minimum Gasteiger partial charge on any atom is -0.348 e. The van der Waals surface area contributed by atoms with Crippen molar-refractivity contribution in [3.63, 3.8) is 0 Å². The summed E-state index contributed by atoms with van der Waals surface area (Å²) in [7, 11) is -2.03. The van der Waals surface area contributed by atoms with Crippen LogP contribution in [0.2, 0.25) is 0 Å². The highest BCUT2D eigenvalue weighted by Crippen LogP contribution is 2.17. The molecule has 7 heteroatoms. The van der Waals surface area contributed by atoms with E-state index in [1.807, 2.05) is 19.1 Å². The average molecular weight is 410 g/mol. The molecule has 0 fully saturated rings. The van der Waals surface area contributed by atoms with Crippen LogP contribution < -0.4 is 5.32 Å². The summed E-state index contributed by atoms with van der Waals surface area (Å²) in [5.41, 5.74) is 3.23. The van der Waals surface area contributed by atoms with E-state index in [1.54, 1.807) is 68.0 Å². The average Bonchev–Trinajstić information content (AvgIpc) is 2.73. The summed E-state index contributed by atoms with van der Waals surface area (Å²) in [5.74, 6) is -0.193. The Morgan fingerprint density at radius 3 is 2.31 bits per heavy atom. The summed E-state index contributed by atoms with van der Waals surface area (Å²) in [5, 5.41) is 2.84. The number of benzene rings is 2. The molecule has 150 valence electrons. The van der Waals surface area contributed by atoms with Gasteiger partial charge in [-0.05, 0) is 48.4 Å². The Balaban J connectivity index is 1.62. The van der Waals surface area contributed by atoms with E-state index in [0.29, 0.717) is 12.1 Å². The molecule has 0 unspecified atom stereocenters. The lowest BCUT2D eigenvalue weighted by Gasteiger charge is -2.17. The zero-order valence-corrected chi connectivity index (χ0v) is 17.2. The maximum atomic E-state index is 12.7. The molecule has 1 aromatic heterocycles. The highest BCUT2D eigenvalue weighted by Gasteiger charge is 2.20. The summed E-state index contributed by atoms with van der Waals surface area (Å²) in [4.78, 5) is 16.6. The summed E-state index contributed by atoms with van der Waals surface area (Å²) in [6.45, 7) is 2.52. The van der Waals surface area contributed by atoms with E-state index in [1.165, 1.54) is 4.31 Å². The lowest BCUT2D eigenvalue weighted by atomic mass is 10.1. The van der Waals surface area contributed by atoms with Gasteiger partial charge in [-0.2, -0.15) is 4.31 Å².